The predicted molar refractivity (Wildman–Crippen MR) is 73.3 cm³/mol. The molecule has 5 nitrogen and oxygen atoms in total. The number of ether oxygens (including phenoxy) is 1. The lowest BCUT2D eigenvalue weighted by Crippen LogP contribution is -2.34. The van der Waals surface area contributed by atoms with Gasteiger partial charge in [0.1, 0.15) is 16.8 Å². The van der Waals surface area contributed by atoms with Gasteiger partial charge in [-0.25, -0.2) is 4.98 Å². The van der Waals surface area contributed by atoms with Crippen LogP contribution in [-0.4, -0.2) is 47.2 Å². The van der Waals surface area contributed by atoms with E-state index >= 15 is 0 Å². The maximum absolute atomic E-state index is 12.3. The number of rotatable bonds is 6. The molecular weight excluding hydrogens is 264 g/mol. The van der Waals surface area contributed by atoms with E-state index in [1.165, 1.54) is 11.3 Å². The lowest BCUT2D eigenvalue weighted by Gasteiger charge is -2.19. The van der Waals surface area contributed by atoms with Gasteiger partial charge in [0.15, 0.2) is 0 Å². The second-order valence-corrected chi connectivity index (χ2v) is 5.48. The summed E-state index contributed by atoms with van der Waals surface area (Å²) in [6.45, 7) is 3.77. The monoisotopic (exact) mass is 284 g/mol. The van der Waals surface area contributed by atoms with E-state index < -0.39 is 0 Å². The van der Waals surface area contributed by atoms with Crippen LogP contribution in [0.1, 0.15) is 47.8 Å². The molecule has 0 aliphatic carbocycles. The Bertz CT molecular complexity index is 410. The predicted octanol–water partition coefficient (Wildman–Crippen LogP) is 1.84. The summed E-state index contributed by atoms with van der Waals surface area (Å²) in [5.74, 6) is -0.101. The van der Waals surface area contributed by atoms with Crippen LogP contribution in [0.3, 0.4) is 0 Å². The molecule has 2 heterocycles. The Hall–Kier alpha value is -0.980. The summed E-state index contributed by atoms with van der Waals surface area (Å²) >= 11 is 1.48. The molecule has 2 rings (SSSR count). The van der Waals surface area contributed by atoms with Gasteiger partial charge in [-0.15, -0.1) is 11.3 Å². The summed E-state index contributed by atoms with van der Waals surface area (Å²) in [4.78, 5) is 18.3. The van der Waals surface area contributed by atoms with Gasteiger partial charge in [0.25, 0.3) is 5.91 Å². The van der Waals surface area contributed by atoms with Gasteiger partial charge in [0, 0.05) is 25.1 Å². The van der Waals surface area contributed by atoms with Crippen LogP contribution in [0, 0.1) is 0 Å². The largest absolute Gasteiger partial charge is 0.395 e. The molecular formula is C13H20N2O3S. The van der Waals surface area contributed by atoms with E-state index in [2.05, 4.69) is 4.98 Å². The zero-order valence-corrected chi connectivity index (χ0v) is 12.0. The van der Waals surface area contributed by atoms with Crippen molar-refractivity contribution in [2.24, 2.45) is 0 Å². The molecule has 0 saturated carbocycles. The van der Waals surface area contributed by atoms with E-state index in [1.807, 2.05) is 6.92 Å². The van der Waals surface area contributed by atoms with Crippen molar-refractivity contribution in [1.82, 2.24) is 9.88 Å². The highest BCUT2D eigenvalue weighted by molar-refractivity contribution is 7.09. The molecule has 1 unspecified atom stereocenters. The standard InChI is InChI=1S/C13H20N2O3S/c1-2-5-15(6-7-16)13(17)10-9-19-12(14-10)11-4-3-8-18-11/h9,11,16H,2-8H2,1H3. The van der Waals surface area contributed by atoms with Gasteiger partial charge < -0.3 is 14.7 Å². The van der Waals surface area contributed by atoms with E-state index in [9.17, 15) is 4.79 Å². The third-order valence-corrected chi connectivity index (χ3v) is 4.03. The molecule has 1 atom stereocenters. The number of hydrogen-bond donors (Lipinski definition) is 1. The lowest BCUT2D eigenvalue weighted by molar-refractivity contribution is 0.0715. The van der Waals surface area contributed by atoms with E-state index in [-0.39, 0.29) is 18.6 Å². The van der Waals surface area contributed by atoms with E-state index in [0.717, 1.165) is 30.9 Å². The molecule has 0 aromatic carbocycles. The second-order valence-electron chi connectivity index (χ2n) is 4.59. The van der Waals surface area contributed by atoms with Gasteiger partial charge in [-0.05, 0) is 19.3 Å². The minimum absolute atomic E-state index is 0.0194. The molecule has 0 spiro atoms. The van der Waals surface area contributed by atoms with E-state index in [1.54, 1.807) is 10.3 Å². The first-order valence-electron chi connectivity index (χ1n) is 6.73. The van der Waals surface area contributed by atoms with Crippen LogP contribution in [0.15, 0.2) is 5.38 Å². The smallest absolute Gasteiger partial charge is 0.273 e. The van der Waals surface area contributed by atoms with Crippen molar-refractivity contribution in [2.45, 2.75) is 32.3 Å². The Morgan fingerprint density at radius 3 is 3.11 bits per heavy atom. The van der Waals surface area contributed by atoms with Crippen molar-refractivity contribution in [1.29, 1.82) is 0 Å². The first-order chi connectivity index (χ1) is 9.26. The molecule has 1 amide bonds. The van der Waals surface area contributed by atoms with Crippen molar-refractivity contribution in [3.63, 3.8) is 0 Å². The van der Waals surface area contributed by atoms with Crippen molar-refractivity contribution in [3.8, 4) is 0 Å². The quantitative estimate of drug-likeness (QED) is 0.866. The van der Waals surface area contributed by atoms with Crippen LogP contribution in [0.5, 0.6) is 0 Å². The van der Waals surface area contributed by atoms with Crippen LogP contribution in [0.25, 0.3) is 0 Å². The van der Waals surface area contributed by atoms with Crippen molar-refractivity contribution < 1.29 is 14.6 Å². The highest BCUT2D eigenvalue weighted by Crippen LogP contribution is 2.30. The number of aliphatic hydroxyl groups is 1. The number of aromatic nitrogens is 1. The molecule has 19 heavy (non-hydrogen) atoms. The summed E-state index contributed by atoms with van der Waals surface area (Å²) in [6.07, 6.45) is 2.97. The molecule has 1 N–H and O–H groups in total. The molecule has 1 aromatic rings. The molecule has 0 bridgehead atoms. The Morgan fingerprint density at radius 2 is 2.47 bits per heavy atom. The number of thiazole rings is 1. The molecule has 1 aromatic heterocycles. The molecule has 1 aliphatic heterocycles. The molecule has 106 valence electrons. The Labute approximate surface area is 117 Å². The summed E-state index contributed by atoms with van der Waals surface area (Å²) < 4.78 is 5.57. The molecule has 0 radical (unpaired) electrons. The molecule has 1 aliphatic rings. The Kier molecular flexibility index (Phi) is 5.30. The first-order valence-corrected chi connectivity index (χ1v) is 7.61. The van der Waals surface area contributed by atoms with Crippen LogP contribution < -0.4 is 0 Å². The van der Waals surface area contributed by atoms with Crippen LogP contribution in [0.2, 0.25) is 0 Å². The number of hydrogen-bond acceptors (Lipinski definition) is 5. The Balaban J connectivity index is 2.05. The fourth-order valence-corrected chi connectivity index (χ4v) is 3.05. The summed E-state index contributed by atoms with van der Waals surface area (Å²) in [6, 6.07) is 0. The molecule has 1 fully saturated rings. The van der Waals surface area contributed by atoms with Gasteiger partial charge in [-0.3, -0.25) is 4.79 Å². The average molecular weight is 284 g/mol. The maximum atomic E-state index is 12.3. The van der Waals surface area contributed by atoms with Crippen LogP contribution >= 0.6 is 11.3 Å². The zero-order chi connectivity index (χ0) is 13.7. The van der Waals surface area contributed by atoms with Gasteiger partial charge >= 0.3 is 0 Å². The number of nitrogens with zero attached hydrogens (tertiary/aromatic N) is 2. The van der Waals surface area contributed by atoms with Gasteiger partial charge in [0.2, 0.25) is 0 Å². The second kappa shape index (κ2) is 6.98. The van der Waals surface area contributed by atoms with Crippen LogP contribution in [0.4, 0.5) is 0 Å². The third-order valence-electron chi connectivity index (χ3n) is 3.10. The summed E-state index contributed by atoms with van der Waals surface area (Å²) in [7, 11) is 0. The minimum Gasteiger partial charge on any atom is -0.395 e. The Morgan fingerprint density at radius 1 is 1.63 bits per heavy atom. The maximum Gasteiger partial charge on any atom is 0.273 e. The number of aliphatic hydroxyl groups excluding tert-OH is 1. The third kappa shape index (κ3) is 3.52. The number of amides is 1. The van der Waals surface area contributed by atoms with Gasteiger partial charge in [-0.2, -0.15) is 0 Å². The minimum atomic E-state index is -0.101. The molecule has 6 heteroatoms. The fraction of sp³-hybridized carbons (Fsp3) is 0.692. The van der Waals surface area contributed by atoms with E-state index in [0.29, 0.717) is 18.8 Å². The van der Waals surface area contributed by atoms with Gasteiger partial charge in [-0.1, -0.05) is 6.92 Å². The fourth-order valence-electron chi connectivity index (χ4n) is 2.17. The molecule has 1 saturated heterocycles. The van der Waals surface area contributed by atoms with Crippen molar-refractivity contribution in [2.75, 3.05) is 26.3 Å². The highest BCUT2D eigenvalue weighted by atomic mass is 32.1. The normalized spacial score (nSPS) is 18.7. The van der Waals surface area contributed by atoms with E-state index in [4.69, 9.17) is 9.84 Å². The lowest BCUT2D eigenvalue weighted by atomic mass is 10.2. The van der Waals surface area contributed by atoms with Crippen molar-refractivity contribution in [3.05, 3.63) is 16.1 Å². The number of carbonyl (C=O) groups is 1. The van der Waals surface area contributed by atoms with Gasteiger partial charge in [0.05, 0.1) is 6.61 Å². The summed E-state index contributed by atoms with van der Waals surface area (Å²) in [5.41, 5.74) is 0.470. The summed E-state index contributed by atoms with van der Waals surface area (Å²) in [5, 5.41) is 11.7. The number of carbonyl (C=O) groups excluding carboxylic acids is 1. The van der Waals surface area contributed by atoms with Crippen LogP contribution in [-0.2, 0) is 4.74 Å². The topological polar surface area (TPSA) is 62.7 Å². The van der Waals surface area contributed by atoms with Crippen molar-refractivity contribution >= 4 is 17.2 Å². The first kappa shape index (κ1) is 14.4. The SMILES string of the molecule is CCCN(CCO)C(=O)c1csc(C2CCCO2)n1. The average Bonchev–Trinajstić information content (AvgIpc) is 3.08. The highest BCUT2D eigenvalue weighted by Gasteiger charge is 2.24. The zero-order valence-electron chi connectivity index (χ0n) is 11.2.